The minimum absolute atomic E-state index is 0.00856. The van der Waals surface area contributed by atoms with E-state index in [-0.39, 0.29) is 28.8 Å². The van der Waals surface area contributed by atoms with Gasteiger partial charge in [-0.3, -0.25) is 13.9 Å². The van der Waals surface area contributed by atoms with Crippen molar-refractivity contribution in [2.45, 2.75) is 37.8 Å². The maximum Gasteiger partial charge on any atom is 0.264 e. The Morgan fingerprint density at radius 1 is 0.878 bits per heavy atom. The highest BCUT2D eigenvalue weighted by atomic mass is 32.2. The molecule has 41 heavy (non-hydrogen) atoms. The average molecular weight is 584 g/mol. The molecular weight excluding hydrogens is 546 g/mol. The zero-order valence-corrected chi connectivity index (χ0v) is 24.8. The number of anilines is 1. The van der Waals surface area contributed by atoms with Gasteiger partial charge in [-0.05, 0) is 55.3 Å². The molecule has 0 saturated heterocycles. The predicted molar refractivity (Wildman–Crippen MR) is 157 cm³/mol. The molecule has 0 saturated carbocycles. The van der Waals surface area contributed by atoms with Crippen LogP contribution in [0.5, 0.6) is 17.2 Å². The number of carbonyl (C=O) groups is 2. The van der Waals surface area contributed by atoms with Gasteiger partial charge in [-0.1, -0.05) is 37.3 Å². The first-order valence-corrected chi connectivity index (χ1v) is 14.6. The summed E-state index contributed by atoms with van der Waals surface area (Å²) in [6.07, 6.45) is 0.723. The molecule has 0 aliphatic rings. The molecule has 1 unspecified atom stereocenters. The Balaban J connectivity index is 2.10. The fourth-order valence-electron chi connectivity index (χ4n) is 4.17. The van der Waals surface area contributed by atoms with Crippen LogP contribution in [0.4, 0.5) is 5.69 Å². The number of rotatable bonds is 14. The molecular formula is C30H37N3O7S. The Morgan fingerprint density at radius 2 is 1.56 bits per heavy atom. The summed E-state index contributed by atoms with van der Waals surface area (Å²) in [5, 5.41) is 2.82. The Labute approximate surface area is 241 Å². The Hall–Kier alpha value is -4.25. The van der Waals surface area contributed by atoms with E-state index in [0.717, 1.165) is 10.7 Å². The minimum atomic E-state index is -4.25. The van der Waals surface area contributed by atoms with Gasteiger partial charge in [-0.2, -0.15) is 0 Å². The minimum Gasteiger partial charge on any atom is -0.497 e. The number of ether oxygens (including phenoxy) is 3. The molecule has 0 spiro atoms. The van der Waals surface area contributed by atoms with E-state index in [1.54, 1.807) is 55.5 Å². The molecule has 0 fully saturated rings. The first-order chi connectivity index (χ1) is 19.7. The number of sulfonamides is 1. The van der Waals surface area contributed by atoms with Crippen molar-refractivity contribution in [1.82, 2.24) is 10.2 Å². The topological polar surface area (TPSA) is 114 Å². The van der Waals surface area contributed by atoms with Crippen LogP contribution in [0.3, 0.4) is 0 Å². The Morgan fingerprint density at radius 3 is 2.20 bits per heavy atom. The van der Waals surface area contributed by atoms with Crippen molar-refractivity contribution >= 4 is 27.5 Å². The van der Waals surface area contributed by atoms with Gasteiger partial charge in [0.25, 0.3) is 10.0 Å². The number of methoxy groups -OCH3 is 3. The van der Waals surface area contributed by atoms with Crippen molar-refractivity contribution in [3.63, 3.8) is 0 Å². The van der Waals surface area contributed by atoms with Crippen LogP contribution < -0.4 is 23.8 Å². The maximum absolute atomic E-state index is 14.1. The molecule has 3 aromatic carbocycles. The van der Waals surface area contributed by atoms with Crippen molar-refractivity contribution < 1.29 is 32.2 Å². The third kappa shape index (κ3) is 7.69. The van der Waals surface area contributed by atoms with Crippen LogP contribution in [0.15, 0.2) is 77.7 Å². The summed E-state index contributed by atoms with van der Waals surface area (Å²) in [6.45, 7) is 3.43. The molecule has 0 aliphatic heterocycles. The van der Waals surface area contributed by atoms with Crippen molar-refractivity contribution in [3.8, 4) is 17.2 Å². The Kier molecular flexibility index (Phi) is 11.0. The molecule has 11 heteroatoms. The summed E-state index contributed by atoms with van der Waals surface area (Å²) in [6, 6.07) is 18.7. The zero-order valence-electron chi connectivity index (χ0n) is 24.0. The lowest BCUT2D eigenvalue weighted by Gasteiger charge is -2.32. The van der Waals surface area contributed by atoms with E-state index in [4.69, 9.17) is 14.2 Å². The molecule has 0 heterocycles. The maximum atomic E-state index is 14.1. The quantitative estimate of drug-likeness (QED) is 0.307. The number of carbonyl (C=O) groups excluding carboxylic acids is 2. The van der Waals surface area contributed by atoms with Gasteiger partial charge in [0, 0.05) is 19.2 Å². The Bertz CT molecular complexity index is 1430. The highest BCUT2D eigenvalue weighted by Gasteiger charge is 2.34. The number of amides is 2. The molecule has 0 bridgehead atoms. The highest BCUT2D eigenvalue weighted by Crippen LogP contribution is 2.36. The molecule has 3 rings (SSSR count). The number of nitrogens with one attached hydrogen (secondary N) is 1. The molecule has 10 nitrogen and oxygen atoms in total. The molecule has 2 amide bonds. The van der Waals surface area contributed by atoms with Gasteiger partial charge in [-0.25, -0.2) is 8.42 Å². The highest BCUT2D eigenvalue weighted by molar-refractivity contribution is 7.92. The van der Waals surface area contributed by atoms with E-state index in [1.807, 2.05) is 13.0 Å². The van der Waals surface area contributed by atoms with Crippen LogP contribution >= 0.6 is 0 Å². The number of benzene rings is 3. The fraction of sp³-hybridized carbons (Fsp3) is 0.333. The van der Waals surface area contributed by atoms with Crippen LogP contribution in [-0.2, 0) is 26.2 Å². The van der Waals surface area contributed by atoms with Crippen LogP contribution in [0.2, 0.25) is 0 Å². The van der Waals surface area contributed by atoms with E-state index in [0.29, 0.717) is 23.6 Å². The van der Waals surface area contributed by atoms with Crippen molar-refractivity contribution in [3.05, 3.63) is 78.4 Å². The van der Waals surface area contributed by atoms with Crippen molar-refractivity contribution in [2.24, 2.45) is 0 Å². The van der Waals surface area contributed by atoms with Crippen LogP contribution in [-0.4, -0.2) is 65.6 Å². The predicted octanol–water partition coefficient (Wildman–Crippen LogP) is 3.85. The second-order valence-electron chi connectivity index (χ2n) is 9.20. The summed E-state index contributed by atoms with van der Waals surface area (Å²) in [5.74, 6) is 0.261. The third-order valence-electron chi connectivity index (χ3n) is 6.47. The number of nitrogens with zero attached hydrogens (tertiary/aromatic N) is 2. The van der Waals surface area contributed by atoms with Gasteiger partial charge >= 0.3 is 0 Å². The molecule has 0 aliphatic carbocycles. The molecule has 0 aromatic heterocycles. The monoisotopic (exact) mass is 583 g/mol. The number of hydrogen-bond acceptors (Lipinski definition) is 7. The van der Waals surface area contributed by atoms with E-state index >= 15 is 0 Å². The lowest BCUT2D eigenvalue weighted by Crippen LogP contribution is -2.51. The van der Waals surface area contributed by atoms with E-state index in [1.165, 1.54) is 44.4 Å². The van der Waals surface area contributed by atoms with Gasteiger partial charge in [0.2, 0.25) is 11.8 Å². The van der Waals surface area contributed by atoms with Gasteiger partial charge in [-0.15, -0.1) is 0 Å². The lowest BCUT2D eigenvalue weighted by molar-refractivity contribution is -0.139. The first kappa shape index (κ1) is 31.3. The standard InChI is InChI=1S/C30H37N3O7S/c1-6-17-31-30(35)22(2)32(20-23-11-10-12-24(18-23)38-3)29(34)21-33(41(36,37)26-13-8-7-9-14-26)27-19-25(39-4)15-16-28(27)40-5/h7-16,18-19,22H,6,17,20-21H2,1-5H3,(H,31,35). The van der Waals surface area contributed by atoms with E-state index in [2.05, 4.69) is 5.32 Å². The van der Waals surface area contributed by atoms with Crippen molar-refractivity contribution in [1.29, 1.82) is 0 Å². The van der Waals surface area contributed by atoms with Gasteiger partial charge in [0.1, 0.15) is 29.8 Å². The third-order valence-corrected chi connectivity index (χ3v) is 8.24. The summed E-state index contributed by atoms with van der Waals surface area (Å²) in [7, 11) is 0.154. The first-order valence-electron chi connectivity index (χ1n) is 13.2. The summed E-state index contributed by atoms with van der Waals surface area (Å²) < 4.78 is 45.2. The van der Waals surface area contributed by atoms with Gasteiger partial charge < -0.3 is 24.4 Å². The smallest absolute Gasteiger partial charge is 0.264 e. The summed E-state index contributed by atoms with van der Waals surface area (Å²) >= 11 is 0. The van der Waals surface area contributed by atoms with Crippen LogP contribution in [0.1, 0.15) is 25.8 Å². The molecule has 3 aromatic rings. The van der Waals surface area contributed by atoms with Crippen LogP contribution in [0, 0.1) is 0 Å². The molecule has 1 N–H and O–H groups in total. The van der Waals surface area contributed by atoms with E-state index in [9.17, 15) is 18.0 Å². The number of hydrogen-bond donors (Lipinski definition) is 1. The van der Waals surface area contributed by atoms with Crippen molar-refractivity contribution in [2.75, 3.05) is 38.7 Å². The molecule has 220 valence electrons. The molecule has 1 atom stereocenters. The summed E-state index contributed by atoms with van der Waals surface area (Å²) in [4.78, 5) is 28.4. The fourth-order valence-corrected chi connectivity index (χ4v) is 5.61. The second-order valence-corrected chi connectivity index (χ2v) is 11.1. The second kappa shape index (κ2) is 14.4. The largest absolute Gasteiger partial charge is 0.497 e. The zero-order chi connectivity index (χ0) is 30.0. The SMILES string of the molecule is CCCNC(=O)C(C)N(Cc1cccc(OC)c1)C(=O)CN(c1cc(OC)ccc1OC)S(=O)(=O)c1ccccc1. The van der Waals surface area contributed by atoms with E-state index < -0.39 is 28.5 Å². The molecule has 0 radical (unpaired) electrons. The average Bonchev–Trinajstić information content (AvgIpc) is 3.00. The summed E-state index contributed by atoms with van der Waals surface area (Å²) in [5.41, 5.74) is 0.831. The lowest BCUT2D eigenvalue weighted by atomic mass is 10.1. The van der Waals surface area contributed by atoms with Gasteiger partial charge in [0.15, 0.2) is 0 Å². The normalized spacial score (nSPS) is 11.7. The van der Waals surface area contributed by atoms with Gasteiger partial charge in [0.05, 0.1) is 31.9 Å². The van der Waals surface area contributed by atoms with Crippen LogP contribution in [0.25, 0.3) is 0 Å².